The van der Waals surface area contributed by atoms with Gasteiger partial charge in [-0.25, -0.2) is 9.97 Å². The van der Waals surface area contributed by atoms with Crippen LogP contribution in [0.5, 0.6) is 0 Å². The molecule has 0 atom stereocenters. The molecule has 0 saturated carbocycles. The van der Waals surface area contributed by atoms with Gasteiger partial charge >= 0.3 is 5.97 Å². The first-order valence-electron chi connectivity index (χ1n) is 6.24. The number of nitrogens with zero attached hydrogens (tertiary/aromatic N) is 2. The van der Waals surface area contributed by atoms with Gasteiger partial charge in [-0.05, 0) is 33.3 Å². The van der Waals surface area contributed by atoms with E-state index in [0.717, 1.165) is 15.8 Å². The Labute approximate surface area is 125 Å². The molecule has 0 bridgehead atoms. The predicted molar refractivity (Wildman–Crippen MR) is 83.3 cm³/mol. The molecule has 2 aromatic heterocycles. The number of rotatable bonds is 4. The number of hydrogen-bond donors (Lipinski definition) is 1. The van der Waals surface area contributed by atoms with Crippen LogP contribution < -0.4 is 5.73 Å². The fraction of sp³-hybridized carbons (Fsp3) is 0.462. The van der Waals surface area contributed by atoms with Crippen LogP contribution in [0.1, 0.15) is 24.3 Å². The van der Waals surface area contributed by atoms with E-state index in [9.17, 15) is 4.79 Å². The van der Waals surface area contributed by atoms with Crippen LogP contribution in [0.2, 0.25) is 0 Å². The molecule has 20 heavy (non-hydrogen) atoms. The van der Waals surface area contributed by atoms with Gasteiger partial charge in [0, 0.05) is 4.88 Å². The summed E-state index contributed by atoms with van der Waals surface area (Å²) >= 11 is 2.84. The number of esters is 1. The van der Waals surface area contributed by atoms with Gasteiger partial charge in [0.25, 0.3) is 0 Å². The summed E-state index contributed by atoms with van der Waals surface area (Å²) in [5.41, 5.74) is 7.11. The smallest absolute Gasteiger partial charge is 0.316 e. The maximum absolute atomic E-state index is 11.5. The van der Waals surface area contributed by atoms with Gasteiger partial charge in [-0.3, -0.25) is 4.79 Å². The number of nitrogen functional groups attached to an aromatic ring is 1. The summed E-state index contributed by atoms with van der Waals surface area (Å²) in [4.78, 5) is 22.3. The number of nitrogens with two attached hydrogens (primary N) is 1. The Morgan fingerprint density at radius 1 is 1.40 bits per heavy atom. The van der Waals surface area contributed by atoms with Crippen LogP contribution in [0.25, 0.3) is 10.2 Å². The molecule has 5 nitrogen and oxygen atoms in total. The Kier molecular flexibility index (Phi) is 4.49. The Morgan fingerprint density at radius 3 is 2.75 bits per heavy atom. The number of thioether (sulfide) groups is 1. The lowest BCUT2D eigenvalue weighted by Gasteiger charge is -2.07. The van der Waals surface area contributed by atoms with Crippen LogP contribution in [0.3, 0.4) is 0 Å². The maximum Gasteiger partial charge on any atom is 0.316 e. The minimum Gasteiger partial charge on any atom is -0.462 e. The summed E-state index contributed by atoms with van der Waals surface area (Å²) in [6.45, 7) is 7.69. The number of anilines is 1. The van der Waals surface area contributed by atoms with Gasteiger partial charge in [-0.15, -0.1) is 11.3 Å². The SMILES string of the molecule is Cc1sc2nc(SCC(=O)OC(C)C)nc(N)c2c1C. The van der Waals surface area contributed by atoms with E-state index in [1.165, 1.54) is 16.6 Å². The topological polar surface area (TPSA) is 78.1 Å². The first-order chi connectivity index (χ1) is 9.38. The number of thiophene rings is 1. The van der Waals surface area contributed by atoms with Gasteiger partial charge in [0.05, 0.1) is 17.2 Å². The van der Waals surface area contributed by atoms with Crippen LogP contribution in [-0.4, -0.2) is 27.8 Å². The standard InChI is InChI=1S/C13H17N3O2S2/c1-6(2)18-9(17)5-19-13-15-11(14)10-7(3)8(4)20-12(10)16-13/h6H,5H2,1-4H3,(H2,14,15,16). The van der Waals surface area contributed by atoms with Gasteiger partial charge in [-0.2, -0.15) is 0 Å². The largest absolute Gasteiger partial charge is 0.462 e. The zero-order valence-corrected chi connectivity index (χ0v) is 13.5. The average Bonchev–Trinajstić information content (AvgIpc) is 2.62. The third kappa shape index (κ3) is 3.21. The van der Waals surface area contributed by atoms with Crippen LogP contribution in [0, 0.1) is 13.8 Å². The Balaban J connectivity index is 2.18. The van der Waals surface area contributed by atoms with Crippen molar-refractivity contribution in [2.75, 3.05) is 11.5 Å². The molecule has 2 N–H and O–H groups in total. The molecule has 0 spiro atoms. The molecule has 0 aliphatic heterocycles. The van der Waals surface area contributed by atoms with Gasteiger partial charge in [0.15, 0.2) is 5.16 Å². The van der Waals surface area contributed by atoms with E-state index in [4.69, 9.17) is 10.5 Å². The molecule has 108 valence electrons. The molecule has 0 unspecified atom stereocenters. The van der Waals surface area contributed by atoms with Gasteiger partial charge in [0.2, 0.25) is 0 Å². The molecule has 0 aliphatic carbocycles. The molecule has 0 fully saturated rings. The monoisotopic (exact) mass is 311 g/mol. The highest BCUT2D eigenvalue weighted by atomic mass is 32.2. The number of hydrogen-bond acceptors (Lipinski definition) is 7. The second kappa shape index (κ2) is 5.97. The summed E-state index contributed by atoms with van der Waals surface area (Å²) in [6, 6.07) is 0. The van der Waals surface area contributed by atoms with Crippen molar-refractivity contribution in [1.29, 1.82) is 0 Å². The summed E-state index contributed by atoms with van der Waals surface area (Å²) in [6.07, 6.45) is -0.112. The molecule has 2 aromatic rings. The minimum atomic E-state index is -0.272. The molecular weight excluding hydrogens is 294 g/mol. The number of ether oxygens (including phenoxy) is 1. The van der Waals surface area contributed by atoms with E-state index >= 15 is 0 Å². The van der Waals surface area contributed by atoms with Crippen molar-refractivity contribution in [1.82, 2.24) is 9.97 Å². The van der Waals surface area contributed by atoms with Crippen molar-refractivity contribution >= 4 is 45.1 Å². The zero-order valence-electron chi connectivity index (χ0n) is 11.9. The quantitative estimate of drug-likeness (QED) is 0.531. The molecule has 0 saturated heterocycles. The van der Waals surface area contributed by atoms with Gasteiger partial charge in [-0.1, -0.05) is 11.8 Å². The van der Waals surface area contributed by atoms with Crippen LogP contribution >= 0.6 is 23.1 Å². The number of carbonyl (C=O) groups is 1. The molecule has 0 amide bonds. The summed E-state index contributed by atoms with van der Waals surface area (Å²) in [5.74, 6) is 0.384. The molecular formula is C13H17N3O2S2. The molecule has 0 aromatic carbocycles. The summed E-state index contributed by atoms with van der Waals surface area (Å²) < 4.78 is 5.07. The number of fused-ring (bicyclic) bond motifs is 1. The minimum absolute atomic E-state index is 0.112. The lowest BCUT2D eigenvalue weighted by Crippen LogP contribution is -2.13. The van der Waals surface area contributed by atoms with Crippen molar-refractivity contribution in [2.45, 2.75) is 39.0 Å². The first-order valence-corrected chi connectivity index (χ1v) is 8.04. The van der Waals surface area contributed by atoms with Crippen LogP contribution in [0.15, 0.2) is 5.16 Å². The van der Waals surface area contributed by atoms with E-state index in [1.54, 1.807) is 11.3 Å². The first kappa shape index (κ1) is 15.1. The van der Waals surface area contributed by atoms with Crippen LogP contribution in [0.4, 0.5) is 5.82 Å². The molecule has 2 rings (SSSR count). The van der Waals surface area contributed by atoms with Gasteiger partial charge in [0.1, 0.15) is 10.6 Å². The second-order valence-corrected chi connectivity index (χ2v) is 6.83. The van der Waals surface area contributed by atoms with E-state index < -0.39 is 0 Å². The number of aryl methyl sites for hydroxylation is 2. The Bertz CT molecular complexity index is 653. The Morgan fingerprint density at radius 2 is 2.10 bits per heavy atom. The molecule has 7 heteroatoms. The fourth-order valence-corrected chi connectivity index (χ4v) is 3.47. The molecule has 0 radical (unpaired) electrons. The van der Waals surface area contributed by atoms with Crippen molar-refractivity contribution in [3.8, 4) is 0 Å². The van der Waals surface area contributed by atoms with Crippen molar-refractivity contribution in [3.63, 3.8) is 0 Å². The highest BCUT2D eigenvalue weighted by molar-refractivity contribution is 7.99. The van der Waals surface area contributed by atoms with Crippen molar-refractivity contribution in [2.24, 2.45) is 0 Å². The molecule has 2 heterocycles. The van der Waals surface area contributed by atoms with E-state index in [0.29, 0.717) is 11.0 Å². The lowest BCUT2D eigenvalue weighted by atomic mass is 10.2. The summed E-state index contributed by atoms with van der Waals surface area (Å²) in [7, 11) is 0. The number of carbonyl (C=O) groups excluding carboxylic acids is 1. The maximum atomic E-state index is 11.5. The predicted octanol–water partition coefficient (Wildman–Crippen LogP) is 2.93. The summed E-state index contributed by atoms with van der Waals surface area (Å²) in [5, 5.41) is 1.43. The van der Waals surface area contributed by atoms with Crippen molar-refractivity contribution < 1.29 is 9.53 Å². The van der Waals surface area contributed by atoms with Gasteiger partial charge < -0.3 is 10.5 Å². The average molecular weight is 311 g/mol. The highest BCUT2D eigenvalue weighted by Gasteiger charge is 2.14. The zero-order chi connectivity index (χ0) is 14.9. The second-order valence-electron chi connectivity index (χ2n) is 4.68. The van der Waals surface area contributed by atoms with E-state index in [-0.39, 0.29) is 17.8 Å². The van der Waals surface area contributed by atoms with E-state index in [1.807, 2.05) is 27.7 Å². The van der Waals surface area contributed by atoms with Crippen molar-refractivity contribution in [3.05, 3.63) is 10.4 Å². The van der Waals surface area contributed by atoms with E-state index in [2.05, 4.69) is 9.97 Å². The molecule has 0 aliphatic rings. The normalized spacial score (nSPS) is 11.2. The highest BCUT2D eigenvalue weighted by Crippen LogP contribution is 2.33. The van der Waals surface area contributed by atoms with Crippen LogP contribution in [-0.2, 0) is 9.53 Å². The Hall–Kier alpha value is -1.34. The number of aromatic nitrogens is 2. The third-order valence-electron chi connectivity index (χ3n) is 2.72. The lowest BCUT2D eigenvalue weighted by molar-refractivity contribution is -0.144. The third-order valence-corrected chi connectivity index (χ3v) is 4.64. The fourth-order valence-electron chi connectivity index (χ4n) is 1.75.